The van der Waals surface area contributed by atoms with Crippen molar-refractivity contribution in [2.45, 2.75) is 13.1 Å². The van der Waals surface area contributed by atoms with Gasteiger partial charge in [0.05, 0.1) is 0 Å². The number of allylic oxidation sites excluding steroid dienone is 1. The fraction of sp³-hybridized carbons (Fsp3) is 0.286. The van der Waals surface area contributed by atoms with Crippen LogP contribution in [0, 0.1) is 0 Å². The largest absolute Gasteiger partial charge is 0.326 e. The van der Waals surface area contributed by atoms with E-state index in [9.17, 15) is 4.79 Å². The van der Waals surface area contributed by atoms with Gasteiger partial charge in [0.1, 0.15) is 6.17 Å². The van der Waals surface area contributed by atoms with Crippen molar-refractivity contribution >= 4 is 6.03 Å². The van der Waals surface area contributed by atoms with Gasteiger partial charge in [0.15, 0.2) is 0 Å². The summed E-state index contributed by atoms with van der Waals surface area (Å²) in [6, 6.07) is -0.196. The minimum absolute atomic E-state index is 0.196. The smallest absolute Gasteiger partial charge is 0.314 e. The molecule has 0 bridgehead atoms. The molecule has 4 nitrogen and oxygen atoms in total. The highest BCUT2D eigenvalue weighted by atomic mass is 16.2. The molecule has 0 aromatic carbocycles. The highest BCUT2D eigenvalue weighted by molar-refractivity contribution is 5.77. The molecule has 11 heavy (non-hydrogen) atoms. The lowest BCUT2D eigenvalue weighted by Gasteiger charge is -2.25. The fourth-order valence-corrected chi connectivity index (χ4v) is 0.848. The topological polar surface area (TPSA) is 58.4 Å². The van der Waals surface area contributed by atoms with E-state index in [1.807, 2.05) is 6.92 Å². The summed E-state index contributed by atoms with van der Waals surface area (Å²) in [4.78, 5) is 12.4. The zero-order chi connectivity index (χ0) is 8.27. The van der Waals surface area contributed by atoms with Crippen LogP contribution in [0.25, 0.3) is 0 Å². The minimum atomic E-state index is -0.347. The molecule has 0 fully saturated rings. The van der Waals surface area contributed by atoms with Crippen LogP contribution in [0.3, 0.4) is 0 Å². The molecule has 1 rings (SSSR count). The summed E-state index contributed by atoms with van der Waals surface area (Å²) in [6.45, 7) is 1.83. The van der Waals surface area contributed by atoms with Gasteiger partial charge in [0, 0.05) is 12.4 Å². The van der Waals surface area contributed by atoms with E-state index in [-0.39, 0.29) is 12.2 Å². The number of carbonyl (C=O) groups is 1. The predicted molar refractivity (Wildman–Crippen MR) is 42.3 cm³/mol. The van der Waals surface area contributed by atoms with Crippen molar-refractivity contribution in [2.24, 2.45) is 5.73 Å². The van der Waals surface area contributed by atoms with Gasteiger partial charge in [-0.1, -0.05) is 6.08 Å². The van der Waals surface area contributed by atoms with Crippen molar-refractivity contribution in [1.29, 1.82) is 0 Å². The second-order valence-corrected chi connectivity index (χ2v) is 2.19. The van der Waals surface area contributed by atoms with Crippen LogP contribution in [0.2, 0.25) is 0 Å². The van der Waals surface area contributed by atoms with Crippen LogP contribution >= 0.6 is 0 Å². The monoisotopic (exact) mass is 153 g/mol. The Balaban J connectivity index is 2.74. The minimum Gasteiger partial charge on any atom is -0.314 e. The molecule has 1 heterocycles. The van der Waals surface area contributed by atoms with Crippen LogP contribution in [0.15, 0.2) is 24.6 Å². The van der Waals surface area contributed by atoms with E-state index < -0.39 is 0 Å². The second kappa shape index (κ2) is 3.21. The molecular weight excluding hydrogens is 142 g/mol. The van der Waals surface area contributed by atoms with Crippen LogP contribution < -0.4 is 11.1 Å². The van der Waals surface area contributed by atoms with E-state index in [0.29, 0.717) is 0 Å². The first-order chi connectivity index (χ1) is 5.25. The maximum atomic E-state index is 11.0. The van der Waals surface area contributed by atoms with Gasteiger partial charge >= 0.3 is 6.03 Å². The van der Waals surface area contributed by atoms with Crippen LogP contribution in [0.4, 0.5) is 4.79 Å². The number of urea groups is 1. The molecule has 4 heteroatoms. The maximum absolute atomic E-state index is 11.0. The standard InChI is InChI=1S/C7H11N3O/c1-2-5-10-6(8)3-4-9-7(10)11/h2-6H,8H2,1H3,(H,9,11). The number of nitrogens with zero attached hydrogens (tertiary/aromatic N) is 1. The summed E-state index contributed by atoms with van der Waals surface area (Å²) >= 11 is 0. The second-order valence-electron chi connectivity index (χ2n) is 2.19. The first kappa shape index (κ1) is 7.81. The SMILES string of the molecule is CC=CN1C(=O)NC=CC1N. The molecule has 0 aliphatic carbocycles. The van der Waals surface area contributed by atoms with Crippen LogP contribution in [-0.2, 0) is 0 Å². The Morgan fingerprint density at radius 3 is 3.09 bits per heavy atom. The Morgan fingerprint density at radius 1 is 1.82 bits per heavy atom. The van der Waals surface area contributed by atoms with Crippen molar-refractivity contribution in [3.05, 3.63) is 24.6 Å². The van der Waals surface area contributed by atoms with E-state index in [1.54, 1.807) is 24.6 Å². The molecule has 1 unspecified atom stereocenters. The third kappa shape index (κ3) is 1.59. The van der Waals surface area contributed by atoms with E-state index in [2.05, 4.69) is 5.32 Å². The fourth-order valence-electron chi connectivity index (χ4n) is 0.848. The average molecular weight is 153 g/mol. The average Bonchev–Trinajstić information content (AvgIpc) is 1.97. The molecule has 0 aromatic heterocycles. The van der Waals surface area contributed by atoms with Gasteiger partial charge in [-0.3, -0.25) is 4.90 Å². The predicted octanol–water partition coefficient (Wildman–Crippen LogP) is 0.344. The van der Waals surface area contributed by atoms with Crippen molar-refractivity contribution in [1.82, 2.24) is 10.2 Å². The number of amides is 2. The molecular formula is C7H11N3O. The van der Waals surface area contributed by atoms with Crippen LogP contribution in [0.5, 0.6) is 0 Å². The van der Waals surface area contributed by atoms with E-state index in [0.717, 1.165) is 0 Å². The number of nitrogens with two attached hydrogens (primary N) is 1. The van der Waals surface area contributed by atoms with E-state index >= 15 is 0 Å². The Bertz CT molecular complexity index is 210. The molecule has 1 aliphatic heterocycles. The summed E-state index contributed by atoms with van der Waals surface area (Å²) in [5.41, 5.74) is 5.58. The first-order valence-corrected chi connectivity index (χ1v) is 3.39. The number of hydrogen-bond donors (Lipinski definition) is 2. The molecule has 0 spiro atoms. The number of nitrogens with one attached hydrogen (secondary N) is 1. The van der Waals surface area contributed by atoms with Gasteiger partial charge in [0.2, 0.25) is 0 Å². The quantitative estimate of drug-likeness (QED) is 0.570. The summed E-state index contributed by atoms with van der Waals surface area (Å²) in [5, 5.41) is 2.52. The highest BCUT2D eigenvalue weighted by Gasteiger charge is 2.17. The van der Waals surface area contributed by atoms with Crippen molar-refractivity contribution in [3.63, 3.8) is 0 Å². The normalized spacial score (nSPS) is 24.4. The molecule has 60 valence electrons. The van der Waals surface area contributed by atoms with Gasteiger partial charge in [0.25, 0.3) is 0 Å². The van der Waals surface area contributed by atoms with Crippen molar-refractivity contribution < 1.29 is 4.79 Å². The van der Waals surface area contributed by atoms with Crippen molar-refractivity contribution in [2.75, 3.05) is 0 Å². The third-order valence-corrected chi connectivity index (χ3v) is 1.37. The molecule has 1 aliphatic rings. The van der Waals surface area contributed by atoms with Gasteiger partial charge in [-0.25, -0.2) is 4.79 Å². The number of rotatable bonds is 1. The number of carbonyl (C=O) groups excluding carboxylic acids is 1. The highest BCUT2D eigenvalue weighted by Crippen LogP contribution is 2.01. The molecule has 2 amide bonds. The number of hydrogen-bond acceptors (Lipinski definition) is 2. The van der Waals surface area contributed by atoms with E-state index in [1.165, 1.54) is 4.90 Å². The zero-order valence-corrected chi connectivity index (χ0v) is 6.32. The van der Waals surface area contributed by atoms with Gasteiger partial charge in [-0.05, 0) is 13.0 Å². The third-order valence-electron chi connectivity index (χ3n) is 1.37. The molecule has 0 saturated heterocycles. The van der Waals surface area contributed by atoms with Gasteiger partial charge in [-0.15, -0.1) is 0 Å². The van der Waals surface area contributed by atoms with Gasteiger partial charge < -0.3 is 11.1 Å². The molecule has 0 saturated carbocycles. The lowest BCUT2D eigenvalue weighted by molar-refractivity contribution is 0.208. The summed E-state index contributed by atoms with van der Waals surface area (Å²) in [7, 11) is 0. The lowest BCUT2D eigenvalue weighted by atomic mass is 10.4. The maximum Gasteiger partial charge on any atom is 0.326 e. The van der Waals surface area contributed by atoms with Crippen LogP contribution in [0.1, 0.15) is 6.92 Å². The summed E-state index contributed by atoms with van der Waals surface area (Å²) in [5.74, 6) is 0. The Hall–Kier alpha value is -1.29. The Labute approximate surface area is 65.4 Å². The molecule has 0 radical (unpaired) electrons. The van der Waals surface area contributed by atoms with E-state index in [4.69, 9.17) is 5.73 Å². The lowest BCUT2D eigenvalue weighted by Crippen LogP contribution is -2.48. The van der Waals surface area contributed by atoms with Gasteiger partial charge in [-0.2, -0.15) is 0 Å². The molecule has 0 aromatic rings. The van der Waals surface area contributed by atoms with Crippen molar-refractivity contribution in [3.8, 4) is 0 Å². The Kier molecular flexibility index (Phi) is 2.28. The zero-order valence-electron chi connectivity index (χ0n) is 6.32. The first-order valence-electron chi connectivity index (χ1n) is 3.39. The summed E-state index contributed by atoms with van der Waals surface area (Å²) < 4.78 is 0. The molecule has 3 N–H and O–H groups in total. The Morgan fingerprint density at radius 2 is 2.55 bits per heavy atom. The summed E-state index contributed by atoms with van der Waals surface area (Å²) in [6.07, 6.45) is 6.32. The van der Waals surface area contributed by atoms with Crippen LogP contribution in [-0.4, -0.2) is 17.1 Å². The molecule has 1 atom stereocenters.